The number of nitrogens with zero attached hydrogens (tertiary/aromatic N) is 1. The van der Waals surface area contributed by atoms with Crippen LogP contribution >= 0.6 is 35.6 Å². The van der Waals surface area contributed by atoms with Gasteiger partial charge < -0.3 is 15.5 Å². The van der Waals surface area contributed by atoms with Gasteiger partial charge in [-0.15, -0.1) is 12.4 Å². The second kappa shape index (κ2) is 9.79. The van der Waals surface area contributed by atoms with E-state index in [2.05, 4.69) is 10.6 Å². The molecule has 2 aliphatic heterocycles. The van der Waals surface area contributed by atoms with Crippen molar-refractivity contribution in [3.8, 4) is 0 Å². The highest BCUT2D eigenvalue weighted by Crippen LogP contribution is 2.33. The van der Waals surface area contributed by atoms with Crippen LogP contribution in [0.1, 0.15) is 25.7 Å². The van der Waals surface area contributed by atoms with Crippen molar-refractivity contribution in [3.63, 3.8) is 0 Å². The Kier molecular flexibility index (Phi) is 8.02. The monoisotopic (exact) mass is 419 g/mol. The molecule has 2 unspecified atom stereocenters. The van der Waals surface area contributed by atoms with Gasteiger partial charge >= 0.3 is 0 Å². The van der Waals surface area contributed by atoms with Crippen molar-refractivity contribution < 1.29 is 9.59 Å². The summed E-state index contributed by atoms with van der Waals surface area (Å²) in [6, 6.07) is 5.01. The predicted octanol–water partition coefficient (Wildman–Crippen LogP) is 3.27. The van der Waals surface area contributed by atoms with E-state index in [1.54, 1.807) is 23.1 Å². The Morgan fingerprint density at radius 2 is 2.12 bits per heavy atom. The Morgan fingerprint density at radius 1 is 1.31 bits per heavy atom. The third-order valence-corrected chi connectivity index (χ3v) is 5.53. The Morgan fingerprint density at radius 3 is 2.85 bits per heavy atom. The highest BCUT2D eigenvalue weighted by Gasteiger charge is 2.38. The van der Waals surface area contributed by atoms with Gasteiger partial charge in [-0.3, -0.25) is 9.59 Å². The zero-order valence-corrected chi connectivity index (χ0v) is 16.8. The van der Waals surface area contributed by atoms with Gasteiger partial charge in [0.25, 0.3) is 0 Å². The number of anilines is 1. The maximum absolute atomic E-state index is 12.6. The number of hydrogen-bond acceptors (Lipinski definition) is 3. The van der Waals surface area contributed by atoms with Crippen molar-refractivity contribution in [1.82, 2.24) is 10.6 Å². The summed E-state index contributed by atoms with van der Waals surface area (Å²) < 4.78 is 0. The molecule has 8 heteroatoms. The van der Waals surface area contributed by atoms with Gasteiger partial charge in [0.05, 0.1) is 10.7 Å². The SMILES string of the molecule is Cl.O=C(NCCC1CCCNC1)C1CCN(c2cc(Cl)ccc2Cl)C1=O. The molecule has 0 radical (unpaired) electrons. The standard InChI is InChI=1S/C18H23Cl2N3O2.ClH/c19-13-3-4-15(20)16(10-13)23-9-6-14(18(23)25)17(24)22-8-5-12-2-1-7-21-11-12;/h3-4,10,12,14,21H,1-2,5-9,11H2,(H,22,24);1H. The minimum absolute atomic E-state index is 0. The van der Waals surface area contributed by atoms with Crippen molar-refractivity contribution in [3.05, 3.63) is 28.2 Å². The number of carbonyl (C=O) groups excluding carboxylic acids is 2. The van der Waals surface area contributed by atoms with Crippen LogP contribution in [0.4, 0.5) is 5.69 Å². The highest BCUT2D eigenvalue weighted by atomic mass is 35.5. The molecule has 144 valence electrons. The summed E-state index contributed by atoms with van der Waals surface area (Å²) in [4.78, 5) is 26.6. The average molecular weight is 421 g/mol. The number of halogens is 3. The minimum atomic E-state index is -0.639. The molecule has 1 aromatic rings. The van der Waals surface area contributed by atoms with E-state index in [9.17, 15) is 9.59 Å². The molecule has 0 aromatic heterocycles. The van der Waals surface area contributed by atoms with E-state index in [4.69, 9.17) is 23.2 Å². The van der Waals surface area contributed by atoms with Gasteiger partial charge in [0.2, 0.25) is 11.8 Å². The zero-order valence-electron chi connectivity index (χ0n) is 14.5. The molecule has 26 heavy (non-hydrogen) atoms. The first kappa shape index (κ1) is 21.3. The van der Waals surface area contributed by atoms with Crippen molar-refractivity contribution in [2.45, 2.75) is 25.7 Å². The van der Waals surface area contributed by atoms with Crippen LogP contribution < -0.4 is 15.5 Å². The number of hydrogen-bond donors (Lipinski definition) is 2. The Labute approximate surface area is 170 Å². The zero-order chi connectivity index (χ0) is 17.8. The third kappa shape index (κ3) is 5.03. The van der Waals surface area contributed by atoms with Crippen molar-refractivity contribution in [2.24, 2.45) is 11.8 Å². The summed E-state index contributed by atoms with van der Waals surface area (Å²) >= 11 is 12.2. The first-order valence-corrected chi connectivity index (χ1v) is 9.56. The molecule has 2 atom stereocenters. The first-order chi connectivity index (χ1) is 12.1. The van der Waals surface area contributed by atoms with E-state index < -0.39 is 5.92 Å². The lowest BCUT2D eigenvalue weighted by Crippen LogP contribution is -2.38. The smallest absolute Gasteiger partial charge is 0.239 e. The van der Waals surface area contributed by atoms with Crippen LogP contribution in [0.15, 0.2) is 18.2 Å². The molecule has 3 rings (SSSR count). The average Bonchev–Trinajstić information content (AvgIpc) is 2.99. The molecule has 2 aliphatic rings. The second-order valence-corrected chi connectivity index (χ2v) is 7.56. The number of benzene rings is 1. The van der Waals surface area contributed by atoms with Crippen molar-refractivity contribution >= 4 is 53.1 Å². The van der Waals surface area contributed by atoms with E-state index >= 15 is 0 Å². The summed E-state index contributed by atoms with van der Waals surface area (Å²) in [6.45, 7) is 3.19. The Hall–Kier alpha value is -1.01. The van der Waals surface area contributed by atoms with Crippen LogP contribution in [0.5, 0.6) is 0 Å². The van der Waals surface area contributed by atoms with Gasteiger partial charge in [-0.1, -0.05) is 23.2 Å². The maximum atomic E-state index is 12.6. The molecular weight excluding hydrogens is 397 g/mol. The lowest BCUT2D eigenvalue weighted by Gasteiger charge is -2.23. The summed E-state index contributed by atoms with van der Waals surface area (Å²) in [5.74, 6) is -0.426. The van der Waals surface area contributed by atoms with E-state index in [1.807, 2.05) is 0 Å². The second-order valence-electron chi connectivity index (χ2n) is 6.72. The van der Waals surface area contributed by atoms with Gasteiger partial charge in [0.1, 0.15) is 5.92 Å². The fourth-order valence-electron chi connectivity index (χ4n) is 3.55. The molecule has 5 nitrogen and oxygen atoms in total. The molecular formula is C18H24Cl3N3O2. The fourth-order valence-corrected chi connectivity index (χ4v) is 3.93. The molecule has 0 bridgehead atoms. The van der Waals surface area contributed by atoms with Crippen LogP contribution in [0, 0.1) is 11.8 Å². The minimum Gasteiger partial charge on any atom is -0.355 e. The fraction of sp³-hybridized carbons (Fsp3) is 0.556. The Bertz CT molecular complexity index is 651. The normalized spacial score (nSPS) is 22.8. The maximum Gasteiger partial charge on any atom is 0.239 e. The summed E-state index contributed by atoms with van der Waals surface area (Å²) in [6.07, 6.45) is 3.84. The molecule has 0 saturated carbocycles. The number of piperidine rings is 1. The van der Waals surface area contributed by atoms with Crippen LogP contribution in [0.2, 0.25) is 10.0 Å². The molecule has 0 aliphatic carbocycles. The van der Waals surface area contributed by atoms with Crippen LogP contribution in [-0.2, 0) is 9.59 Å². The lowest BCUT2D eigenvalue weighted by atomic mass is 9.96. The molecule has 2 N–H and O–H groups in total. The molecule has 1 aromatic carbocycles. The van der Waals surface area contributed by atoms with Gasteiger partial charge in [-0.05, 0) is 62.9 Å². The largest absolute Gasteiger partial charge is 0.355 e. The van der Waals surface area contributed by atoms with Crippen molar-refractivity contribution in [2.75, 3.05) is 31.1 Å². The quantitative estimate of drug-likeness (QED) is 0.719. The van der Waals surface area contributed by atoms with E-state index in [0.29, 0.717) is 41.2 Å². The van der Waals surface area contributed by atoms with Gasteiger partial charge in [0, 0.05) is 18.1 Å². The van der Waals surface area contributed by atoms with Crippen molar-refractivity contribution in [1.29, 1.82) is 0 Å². The highest BCUT2D eigenvalue weighted by molar-refractivity contribution is 6.36. The lowest BCUT2D eigenvalue weighted by molar-refractivity contribution is -0.132. The third-order valence-electron chi connectivity index (χ3n) is 4.97. The van der Waals surface area contributed by atoms with E-state index in [1.165, 1.54) is 12.8 Å². The molecule has 2 fully saturated rings. The predicted molar refractivity (Wildman–Crippen MR) is 107 cm³/mol. The molecule has 2 amide bonds. The summed E-state index contributed by atoms with van der Waals surface area (Å²) in [5, 5.41) is 7.28. The number of amides is 2. The number of carbonyl (C=O) groups is 2. The van der Waals surface area contributed by atoms with Crippen LogP contribution in [0.3, 0.4) is 0 Å². The number of rotatable bonds is 5. The molecule has 2 saturated heterocycles. The molecule has 0 spiro atoms. The van der Waals surface area contributed by atoms with Crippen LogP contribution in [-0.4, -0.2) is 38.0 Å². The van der Waals surface area contributed by atoms with Crippen LogP contribution in [0.25, 0.3) is 0 Å². The summed E-state index contributed by atoms with van der Waals surface area (Å²) in [5.41, 5.74) is 0.572. The Balaban J connectivity index is 0.00000243. The topological polar surface area (TPSA) is 61.4 Å². The van der Waals surface area contributed by atoms with E-state index in [0.717, 1.165) is 19.5 Å². The van der Waals surface area contributed by atoms with E-state index in [-0.39, 0.29) is 24.2 Å². The van der Waals surface area contributed by atoms with Gasteiger partial charge in [0.15, 0.2) is 0 Å². The first-order valence-electron chi connectivity index (χ1n) is 8.81. The number of nitrogens with one attached hydrogen (secondary N) is 2. The molecule has 2 heterocycles. The summed E-state index contributed by atoms with van der Waals surface area (Å²) in [7, 11) is 0. The van der Waals surface area contributed by atoms with Gasteiger partial charge in [-0.2, -0.15) is 0 Å². The van der Waals surface area contributed by atoms with Gasteiger partial charge in [-0.25, -0.2) is 0 Å².